The molecular weight excluding hydrogens is 913 g/mol. The van der Waals surface area contributed by atoms with Crippen molar-refractivity contribution in [3.63, 3.8) is 0 Å². The number of hydrogen-bond acceptors (Lipinski definition) is 0. The van der Waals surface area contributed by atoms with Crippen molar-refractivity contribution in [2.75, 3.05) is 0 Å². The van der Waals surface area contributed by atoms with Crippen LogP contribution in [0.15, 0.2) is 279 Å². The van der Waals surface area contributed by atoms with E-state index in [-0.39, 0.29) is 0 Å². The van der Waals surface area contributed by atoms with Crippen molar-refractivity contribution in [1.29, 1.82) is 0 Å². The molecule has 0 heteroatoms. The van der Waals surface area contributed by atoms with Crippen LogP contribution in [0.2, 0.25) is 0 Å². The van der Waals surface area contributed by atoms with E-state index in [1.165, 1.54) is 164 Å². The molecule has 0 amide bonds. The number of fused-ring (bicyclic) bond motifs is 2. The van der Waals surface area contributed by atoms with Crippen LogP contribution in [0.3, 0.4) is 0 Å². The lowest BCUT2D eigenvalue weighted by Crippen LogP contribution is -1.91. The molecule has 0 radical (unpaired) electrons. The highest BCUT2D eigenvalue weighted by Crippen LogP contribution is 2.46. The van der Waals surface area contributed by atoms with Gasteiger partial charge in [-0.3, -0.25) is 0 Å². The zero-order valence-corrected chi connectivity index (χ0v) is 41.6. The third-order valence-corrected chi connectivity index (χ3v) is 16.6. The Bertz CT molecular complexity index is 4640. The molecule has 16 aromatic rings. The summed E-state index contributed by atoms with van der Waals surface area (Å²) in [5.41, 5.74) is 17.2. The largest absolute Gasteiger partial charge is 0.0616 e. The molecule has 0 atom stereocenters. The fourth-order valence-corrected chi connectivity index (χ4v) is 12.9. The van der Waals surface area contributed by atoms with Crippen molar-refractivity contribution in [1.82, 2.24) is 0 Å². The van der Waals surface area contributed by atoms with Crippen molar-refractivity contribution in [2.24, 2.45) is 0 Å². The van der Waals surface area contributed by atoms with E-state index in [9.17, 15) is 0 Å². The first-order valence-electron chi connectivity index (χ1n) is 26.5. The van der Waals surface area contributed by atoms with Crippen LogP contribution in [-0.4, -0.2) is 0 Å². The fourth-order valence-electron chi connectivity index (χ4n) is 12.9. The van der Waals surface area contributed by atoms with Gasteiger partial charge in [-0.15, -0.1) is 0 Å². The molecule has 76 heavy (non-hydrogen) atoms. The van der Waals surface area contributed by atoms with Crippen molar-refractivity contribution in [3.8, 4) is 77.9 Å². The van der Waals surface area contributed by atoms with Crippen LogP contribution in [0.1, 0.15) is 0 Å². The summed E-state index contributed by atoms with van der Waals surface area (Å²) in [6, 6.07) is 104. The van der Waals surface area contributed by atoms with Gasteiger partial charge >= 0.3 is 0 Å². The predicted octanol–water partition coefficient (Wildman–Crippen LogP) is 21.5. The fraction of sp³-hybridized carbons (Fsp3) is 0. The van der Waals surface area contributed by atoms with Crippen molar-refractivity contribution >= 4 is 86.2 Å². The van der Waals surface area contributed by atoms with E-state index in [0.717, 1.165) is 0 Å². The summed E-state index contributed by atoms with van der Waals surface area (Å²) in [6.07, 6.45) is 0. The lowest BCUT2D eigenvalue weighted by Gasteiger charge is -2.18. The maximum Gasteiger partial charge on any atom is -0.00203 e. The van der Waals surface area contributed by atoms with Gasteiger partial charge in [-0.1, -0.05) is 267 Å². The molecule has 0 N–H and O–H groups in total. The highest BCUT2D eigenvalue weighted by molar-refractivity contribution is 6.29. The maximum atomic E-state index is 2.33. The first kappa shape index (κ1) is 42.6. The van der Waals surface area contributed by atoms with E-state index in [1.54, 1.807) is 0 Å². The lowest BCUT2D eigenvalue weighted by atomic mass is 9.86. The number of benzene rings is 16. The molecule has 16 aromatic carbocycles. The number of hydrogen-bond donors (Lipinski definition) is 0. The molecule has 0 heterocycles. The van der Waals surface area contributed by atoms with Gasteiger partial charge in [0.15, 0.2) is 0 Å². The van der Waals surface area contributed by atoms with E-state index in [4.69, 9.17) is 0 Å². The van der Waals surface area contributed by atoms with E-state index in [2.05, 4.69) is 279 Å². The van der Waals surface area contributed by atoms with Gasteiger partial charge in [0.2, 0.25) is 0 Å². The molecule has 0 nitrogen and oxygen atoms in total. The minimum absolute atomic E-state index is 1.20. The normalized spacial score (nSPS) is 11.9. The summed E-state index contributed by atoms with van der Waals surface area (Å²) in [4.78, 5) is 0. The first-order valence-corrected chi connectivity index (χ1v) is 26.5. The molecule has 0 spiro atoms. The molecule has 0 aliphatic carbocycles. The van der Waals surface area contributed by atoms with Gasteiger partial charge in [-0.25, -0.2) is 0 Å². The maximum absolute atomic E-state index is 2.33. The van der Waals surface area contributed by atoms with E-state index < -0.39 is 0 Å². The van der Waals surface area contributed by atoms with Crippen LogP contribution in [-0.2, 0) is 0 Å². The monoisotopic (exact) mass is 958 g/mol. The van der Waals surface area contributed by atoms with Crippen LogP contribution >= 0.6 is 0 Å². The van der Waals surface area contributed by atoms with Crippen LogP contribution in [0.25, 0.3) is 164 Å². The van der Waals surface area contributed by atoms with Crippen LogP contribution < -0.4 is 0 Å². The molecule has 0 aliphatic heterocycles. The Hall–Kier alpha value is -9.88. The van der Waals surface area contributed by atoms with Gasteiger partial charge in [0.25, 0.3) is 0 Å². The summed E-state index contributed by atoms with van der Waals surface area (Å²) >= 11 is 0. The smallest absolute Gasteiger partial charge is 0.00203 e. The van der Waals surface area contributed by atoms with E-state index in [0.29, 0.717) is 0 Å². The van der Waals surface area contributed by atoms with Crippen LogP contribution in [0, 0.1) is 0 Å². The highest BCUT2D eigenvalue weighted by atomic mass is 14.2. The second-order valence-corrected chi connectivity index (χ2v) is 20.7. The third kappa shape index (κ3) is 6.64. The van der Waals surface area contributed by atoms with Gasteiger partial charge < -0.3 is 0 Å². The van der Waals surface area contributed by atoms with E-state index in [1.807, 2.05) is 0 Å². The molecule has 0 bridgehead atoms. The molecule has 0 saturated carbocycles. The standard InChI is InChI=1S/C76H46/c1-3-11-57-45-59(27-17-47(57)9-1)65-39-31-55-33-41-69-63(37-29-53-35-43-71(65)75(55)73(53)69)51-23-19-49(20-24-51)61-13-5-7-15-67(61)68-16-8-6-14-62(68)50-21-25-52(26-22-50)64-38-30-54-36-44-72-66(40-32-56-34-42-70(64)74(54)76(56)72)60-28-18-48-10-2-4-12-58(48)46-60/h1-46H. The van der Waals surface area contributed by atoms with Crippen LogP contribution in [0.5, 0.6) is 0 Å². The summed E-state index contributed by atoms with van der Waals surface area (Å²) in [5.74, 6) is 0. The molecule has 350 valence electrons. The molecule has 0 aromatic heterocycles. The Morgan fingerprint density at radius 3 is 0.711 bits per heavy atom. The summed E-state index contributed by atoms with van der Waals surface area (Å²) < 4.78 is 0. The third-order valence-electron chi connectivity index (χ3n) is 16.6. The van der Waals surface area contributed by atoms with Crippen molar-refractivity contribution in [3.05, 3.63) is 279 Å². The Morgan fingerprint density at radius 1 is 0.132 bits per heavy atom. The molecule has 0 unspecified atom stereocenters. The number of rotatable bonds is 7. The van der Waals surface area contributed by atoms with Gasteiger partial charge in [0.05, 0.1) is 0 Å². The molecule has 0 fully saturated rings. The lowest BCUT2D eigenvalue weighted by molar-refractivity contribution is 1.56. The average molecular weight is 959 g/mol. The SMILES string of the molecule is c1ccc(-c2ccccc2-c2ccc(-c3ccc4ccc5c(-c6ccc7ccccc7c6)ccc6ccc3c4c65)cc2)c(-c2ccc(-c3ccc4ccc5c(-c6ccc7ccccc7c6)ccc6ccc3c4c65)cc2)c1. The molecule has 0 aliphatic rings. The second-order valence-electron chi connectivity index (χ2n) is 20.7. The molecular formula is C76H46. The second kappa shape index (κ2) is 16.8. The zero-order valence-electron chi connectivity index (χ0n) is 41.6. The topological polar surface area (TPSA) is 0 Å². The Kier molecular flexibility index (Phi) is 9.44. The Morgan fingerprint density at radius 2 is 0.368 bits per heavy atom. The van der Waals surface area contributed by atoms with Crippen LogP contribution in [0.4, 0.5) is 0 Å². The van der Waals surface area contributed by atoms with Gasteiger partial charge in [-0.2, -0.15) is 0 Å². The zero-order chi connectivity index (χ0) is 49.8. The summed E-state index contributed by atoms with van der Waals surface area (Å²) in [6.45, 7) is 0. The van der Waals surface area contributed by atoms with Gasteiger partial charge in [0.1, 0.15) is 0 Å². The quantitative estimate of drug-likeness (QED) is 0.140. The molecule has 0 saturated heterocycles. The van der Waals surface area contributed by atoms with E-state index >= 15 is 0 Å². The van der Waals surface area contributed by atoms with Gasteiger partial charge in [-0.05, 0) is 176 Å². The summed E-state index contributed by atoms with van der Waals surface area (Å²) in [7, 11) is 0. The highest BCUT2D eigenvalue weighted by Gasteiger charge is 2.19. The predicted molar refractivity (Wildman–Crippen MR) is 327 cm³/mol. The Labute approximate surface area is 440 Å². The van der Waals surface area contributed by atoms with Gasteiger partial charge in [0, 0.05) is 0 Å². The minimum Gasteiger partial charge on any atom is -0.0616 e. The van der Waals surface area contributed by atoms with Crippen molar-refractivity contribution < 1.29 is 0 Å². The summed E-state index contributed by atoms with van der Waals surface area (Å²) in [5, 5.41) is 20.6. The first-order chi connectivity index (χ1) is 37.7. The minimum atomic E-state index is 1.20. The average Bonchev–Trinajstić information content (AvgIpc) is 3.59. The molecule has 16 rings (SSSR count). The Balaban J connectivity index is 0.734. The van der Waals surface area contributed by atoms with Crippen molar-refractivity contribution in [2.45, 2.75) is 0 Å².